The standard InChI is InChI=1S/C11H15Cl2NO2S/c1-9(10-3-5-11(13)6-4-10)14-17(15,16)8-2-7-12/h3-6,9,14H,2,7-8H2,1H3/t9-/m1/s1. The third kappa shape index (κ3) is 5.25. The average Bonchev–Trinajstić information content (AvgIpc) is 2.26. The largest absolute Gasteiger partial charge is 0.212 e. The van der Waals surface area contributed by atoms with E-state index < -0.39 is 10.0 Å². The van der Waals surface area contributed by atoms with E-state index in [0.29, 0.717) is 17.3 Å². The van der Waals surface area contributed by atoms with E-state index in [2.05, 4.69) is 4.72 Å². The molecular weight excluding hydrogens is 281 g/mol. The molecule has 1 aromatic carbocycles. The summed E-state index contributed by atoms with van der Waals surface area (Å²) in [5, 5.41) is 0.631. The van der Waals surface area contributed by atoms with E-state index >= 15 is 0 Å². The Morgan fingerprint density at radius 2 is 1.88 bits per heavy atom. The lowest BCUT2D eigenvalue weighted by atomic mass is 10.1. The van der Waals surface area contributed by atoms with Crippen LogP contribution in [0.1, 0.15) is 24.9 Å². The molecule has 0 radical (unpaired) electrons. The predicted octanol–water partition coefficient (Wildman–Crippen LogP) is 2.95. The van der Waals surface area contributed by atoms with E-state index in [9.17, 15) is 8.42 Å². The van der Waals surface area contributed by atoms with Crippen molar-refractivity contribution in [2.45, 2.75) is 19.4 Å². The number of hydrogen-bond acceptors (Lipinski definition) is 2. The van der Waals surface area contributed by atoms with Crippen molar-refractivity contribution in [3.05, 3.63) is 34.9 Å². The molecule has 0 amide bonds. The van der Waals surface area contributed by atoms with Crippen LogP contribution in [0.5, 0.6) is 0 Å². The molecule has 0 heterocycles. The molecule has 0 fully saturated rings. The molecule has 96 valence electrons. The number of hydrogen-bond donors (Lipinski definition) is 1. The van der Waals surface area contributed by atoms with Crippen molar-refractivity contribution in [2.24, 2.45) is 0 Å². The summed E-state index contributed by atoms with van der Waals surface area (Å²) in [5.74, 6) is 0.394. The fraction of sp³-hybridized carbons (Fsp3) is 0.455. The molecule has 17 heavy (non-hydrogen) atoms. The van der Waals surface area contributed by atoms with Gasteiger partial charge in [-0.05, 0) is 31.0 Å². The van der Waals surface area contributed by atoms with E-state index in [-0.39, 0.29) is 11.8 Å². The molecule has 0 saturated heterocycles. The van der Waals surface area contributed by atoms with E-state index in [1.54, 1.807) is 31.2 Å². The summed E-state index contributed by atoms with van der Waals surface area (Å²) in [4.78, 5) is 0. The van der Waals surface area contributed by atoms with Gasteiger partial charge in [0.25, 0.3) is 0 Å². The monoisotopic (exact) mass is 295 g/mol. The van der Waals surface area contributed by atoms with Crippen molar-refractivity contribution in [1.82, 2.24) is 4.72 Å². The molecule has 3 nitrogen and oxygen atoms in total. The summed E-state index contributed by atoms with van der Waals surface area (Å²) >= 11 is 11.2. The number of halogens is 2. The van der Waals surface area contributed by atoms with Crippen molar-refractivity contribution in [3.8, 4) is 0 Å². The second-order valence-electron chi connectivity index (χ2n) is 3.75. The Labute approximate surface area is 112 Å². The Hall–Kier alpha value is -0.290. The highest BCUT2D eigenvalue weighted by atomic mass is 35.5. The van der Waals surface area contributed by atoms with Gasteiger partial charge in [0.15, 0.2) is 0 Å². The van der Waals surface area contributed by atoms with Crippen LogP contribution < -0.4 is 4.72 Å². The Bertz CT molecular complexity index is 445. The molecule has 0 aliphatic rings. The Kier molecular flexibility index (Phi) is 5.73. The van der Waals surface area contributed by atoms with Crippen LogP contribution in [0.15, 0.2) is 24.3 Å². The number of alkyl halides is 1. The first kappa shape index (κ1) is 14.8. The molecule has 1 aromatic rings. The van der Waals surface area contributed by atoms with Crippen LogP contribution >= 0.6 is 23.2 Å². The van der Waals surface area contributed by atoms with Gasteiger partial charge < -0.3 is 0 Å². The van der Waals surface area contributed by atoms with Crippen molar-refractivity contribution in [2.75, 3.05) is 11.6 Å². The first-order chi connectivity index (χ1) is 7.94. The normalized spacial score (nSPS) is 13.6. The molecule has 0 aliphatic heterocycles. The number of rotatable bonds is 6. The SMILES string of the molecule is C[C@@H](NS(=O)(=O)CCCCl)c1ccc(Cl)cc1. The zero-order chi connectivity index (χ0) is 12.9. The van der Waals surface area contributed by atoms with Gasteiger partial charge in [0.05, 0.1) is 5.75 Å². The summed E-state index contributed by atoms with van der Waals surface area (Å²) in [6.45, 7) is 1.79. The van der Waals surface area contributed by atoms with Gasteiger partial charge in [-0.3, -0.25) is 0 Å². The molecule has 0 aromatic heterocycles. The van der Waals surface area contributed by atoms with Crippen LogP contribution in [-0.4, -0.2) is 20.1 Å². The van der Waals surface area contributed by atoms with Gasteiger partial charge in [0.2, 0.25) is 10.0 Å². The van der Waals surface area contributed by atoms with E-state index in [1.807, 2.05) is 0 Å². The minimum absolute atomic E-state index is 0.0500. The fourth-order valence-electron chi connectivity index (χ4n) is 1.39. The van der Waals surface area contributed by atoms with Crippen LogP contribution in [0.4, 0.5) is 0 Å². The molecule has 0 bridgehead atoms. The van der Waals surface area contributed by atoms with Crippen LogP contribution in [0.2, 0.25) is 5.02 Å². The van der Waals surface area contributed by atoms with Crippen LogP contribution in [0.25, 0.3) is 0 Å². The Morgan fingerprint density at radius 3 is 2.41 bits per heavy atom. The van der Waals surface area contributed by atoms with Gasteiger partial charge in [0.1, 0.15) is 0 Å². The summed E-state index contributed by atoms with van der Waals surface area (Å²) in [5.41, 5.74) is 0.879. The zero-order valence-corrected chi connectivity index (χ0v) is 11.8. The second kappa shape index (κ2) is 6.59. The quantitative estimate of drug-likeness (QED) is 0.820. The van der Waals surface area contributed by atoms with Gasteiger partial charge in [0, 0.05) is 16.9 Å². The van der Waals surface area contributed by atoms with Crippen molar-refractivity contribution >= 4 is 33.2 Å². The van der Waals surface area contributed by atoms with Crippen molar-refractivity contribution in [3.63, 3.8) is 0 Å². The number of benzene rings is 1. The van der Waals surface area contributed by atoms with E-state index in [0.717, 1.165) is 5.56 Å². The van der Waals surface area contributed by atoms with Gasteiger partial charge >= 0.3 is 0 Å². The lowest BCUT2D eigenvalue weighted by molar-refractivity contribution is 0.566. The molecule has 1 rings (SSSR count). The first-order valence-corrected chi connectivity index (χ1v) is 7.82. The molecule has 0 spiro atoms. The Balaban J connectivity index is 2.65. The maximum atomic E-state index is 11.6. The molecular formula is C11H15Cl2NO2S. The molecule has 1 N–H and O–H groups in total. The topological polar surface area (TPSA) is 46.2 Å². The molecule has 0 saturated carbocycles. The van der Waals surface area contributed by atoms with Gasteiger partial charge in [-0.15, -0.1) is 11.6 Å². The molecule has 1 atom stereocenters. The lowest BCUT2D eigenvalue weighted by Gasteiger charge is -2.14. The number of nitrogens with one attached hydrogen (secondary N) is 1. The van der Waals surface area contributed by atoms with Crippen LogP contribution in [0.3, 0.4) is 0 Å². The number of sulfonamides is 1. The van der Waals surface area contributed by atoms with Gasteiger partial charge in [-0.1, -0.05) is 23.7 Å². The van der Waals surface area contributed by atoms with Crippen molar-refractivity contribution in [1.29, 1.82) is 0 Å². The smallest absolute Gasteiger partial charge is 0.212 e. The summed E-state index contributed by atoms with van der Waals surface area (Å²) in [6.07, 6.45) is 0.449. The van der Waals surface area contributed by atoms with Crippen molar-refractivity contribution < 1.29 is 8.42 Å². The fourth-order valence-corrected chi connectivity index (χ4v) is 3.13. The van der Waals surface area contributed by atoms with E-state index in [4.69, 9.17) is 23.2 Å². The van der Waals surface area contributed by atoms with Gasteiger partial charge in [-0.2, -0.15) is 0 Å². The zero-order valence-electron chi connectivity index (χ0n) is 9.49. The second-order valence-corrected chi connectivity index (χ2v) is 6.44. The third-order valence-corrected chi connectivity index (χ3v) is 4.33. The lowest BCUT2D eigenvalue weighted by Crippen LogP contribution is -2.29. The average molecular weight is 296 g/mol. The summed E-state index contributed by atoms with van der Waals surface area (Å²) < 4.78 is 25.9. The maximum absolute atomic E-state index is 11.6. The maximum Gasteiger partial charge on any atom is 0.212 e. The van der Waals surface area contributed by atoms with E-state index in [1.165, 1.54) is 0 Å². The first-order valence-electron chi connectivity index (χ1n) is 5.26. The summed E-state index contributed by atoms with van der Waals surface area (Å²) in [6, 6.07) is 6.81. The molecule has 0 aliphatic carbocycles. The molecule has 6 heteroatoms. The van der Waals surface area contributed by atoms with Crippen LogP contribution in [0, 0.1) is 0 Å². The minimum atomic E-state index is -3.27. The van der Waals surface area contributed by atoms with Gasteiger partial charge in [-0.25, -0.2) is 13.1 Å². The highest BCUT2D eigenvalue weighted by Crippen LogP contribution is 2.16. The third-order valence-electron chi connectivity index (χ3n) is 2.27. The van der Waals surface area contributed by atoms with Crippen LogP contribution in [-0.2, 0) is 10.0 Å². The highest BCUT2D eigenvalue weighted by Gasteiger charge is 2.15. The molecule has 0 unspecified atom stereocenters. The minimum Gasteiger partial charge on any atom is -0.212 e. The summed E-state index contributed by atoms with van der Waals surface area (Å²) in [7, 11) is -3.27. The highest BCUT2D eigenvalue weighted by molar-refractivity contribution is 7.89. The Morgan fingerprint density at radius 1 is 1.29 bits per heavy atom. The predicted molar refractivity (Wildman–Crippen MR) is 72.1 cm³/mol.